The van der Waals surface area contributed by atoms with Gasteiger partial charge in [-0.15, -0.1) is 0 Å². The number of primary amides is 1. The zero-order chi connectivity index (χ0) is 19.6. The van der Waals surface area contributed by atoms with Crippen LogP contribution in [0.25, 0.3) is 10.9 Å². The Morgan fingerprint density at radius 2 is 2.15 bits per heavy atom. The number of nitrogens with one attached hydrogen (secondary N) is 1. The molecule has 2 aromatic carbocycles. The van der Waals surface area contributed by atoms with Crippen molar-refractivity contribution in [2.45, 2.75) is 12.7 Å². The normalized spacial score (nSPS) is 11.7. The van der Waals surface area contributed by atoms with Gasteiger partial charge in [0.2, 0.25) is 0 Å². The summed E-state index contributed by atoms with van der Waals surface area (Å²) in [5.74, 6) is -0.696. The van der Waals surface area contributed by atoms with Crippen LogP contribution in [0.5, 0.6) is 0 Å². The predicted molar refractivity (Wildman–Crippen MR) is 104 cm³/mol. The number of amides is 1. The lowest BCUT2D eigenvalue weighted by Crippen LogP contribution is -2.14. The molecule has 8 heteroatoms. The molecule has 0 aliphatic heterocycles. The molecule has 3 rings (SSSR count). The number of nitrogens with zero attached hydrogens (tertiary/aromatic N) is 2. The number of aryl methyl sites for hydroxylation is 1. The number of hydrogen-bond acceptors (Lipinski definition) is 5. The maximum absolute atomic E-state index is 11.9. The van der Waals surface area contributed by atoms with Crippen molar-refractivity contribution in [3.05, 3.63) is 64.8 Å². The number of benzene rings is 2. The van der Waals surface area contributed by atoms with Crippen LogP contribution in [0.15, 0.2) is 42.6 Å². The van der Waals surface area contributed by atoms with Gasteiger partial charge in [-0.25, -0.2) is 4.21 Å². The lowest BCUT2D eigenvalue weighted by molar-refractivity contribution is 0.100. The predicted octanol–water partition coefficient (Wildman–Crippen LogP) is 2.98. The summed E-state index contributed by atoms with van der Waals surface area (Å²) in [5.41, 5.74) is 9.30. The molecular formula is C19H16N4O3S. The Balaban J connectivity index is 2.24. The maximum Gasteiger partial charge on any atom is 0.252 e. The molecule has 1 atom stereocenters. The second kappa shape index (κ2) is 7.53. The van der Waals surface area contributed by atoms with E-state index in [1.807, 2.05) is 6.92 Å². The Labute approximate surface area is 158 Å². The highest BCUT2D eigenvalue weighted by Crippen LogP contribution is 2.32. The Bertz CT molecular complexity index is 1120. The fourth-order valence-electron chi connectivity index (χ4n) is 2.91. The van der Waals surface area contributed by atoms with Crippen molar-refractivity contribution in [2.75, 3.05) is 5.32 Å². The number of nitrogens with two attached hydrogens (primary N) is 1. The van der Waals surface area contributed by atoms with E-state index in [1.165, 1.54) is 6.20 Å². The minimum atomic E-state index is -2.00. The standard InChI is InChI=1S/C19H16N4O3S/c1-11-5-13(10-27(25)26)7-15-17(11)22-9-16(19(21)24)18(15)23-14-4-2-3-12(6-14)8-20/h2-7,9H,10H2,1H3,(H2,21,24)(H,22,23)(H,25,26). The largest absolute Gasteiger partial charge is 0.365 e. The Morgan fingerprint density at radius 3 is 2.81 bits per heavy atom. The van der Waals surface area contributed by atoms with Crippen LogP contribution in [0, 0.1) is 18.3 Å². The van der Waals surface area contributed by atoms with E-state index in [-0.39, 0.29) is 11.3 Å². The number of aromatic nitrogens is 1. The number of pyridine rings is 1. The minimum absolute atomic E-state index is 0.0407. The third kappa shape index (κ3) is 3.95. The molecular weight excluding hydrogens is 364 g/mol. The number of hydrogen-bond donors (Lipinski definition) is 3. The van der Waals surface area contributed by atoms with E-state index >= 15 is 0 Å². The molecule has 0 aliphatic carbocycles. The number of rotatable bonds is 5. The summed E-state index contributed by atoms with van der Waals surface area (Å²) in [5, 5.41) is 12.8. The van der Waals surface area contributed by atoms with Crippen molar-refractivity contribution >= 4 is 39.3 Å². The lowest BCUT2D eigenvalue weighted by Gasteiger charge is -2.15. The first-order chi connectivity index (χ1) is 12.9. The highest BCUT2D eigenvalue weighted by molar-refractivity contribution is 7.78. The summed E-state index contributed by atoms with van der Waals surface area (Å²) in [7, 11) is 0. The highest BCUT2D eigenvalue weighted by atomic mass is 32.2. The second-order valence-electron chi connectivity index (χ2n) is 6.00. The molecule has 0 radical (unpaired) electrons. The fraction of sp³-hybridized carbons (Fsp3) is 0.105. The van der Waals surface area contributed by atoms with Crippen LogP contribution < -0.4 is 11.1 Å². The SMILES string of the molecule is Cc1cc(CS(=O)O)cc2c(Nc3cccc(C#N)c3)c(C(N)=O)cnc12. The van der Waals surface area contributed by atoms with Crippen molar-refractivity contribution < 1.29 is 13.6 Å². The van der Waals surface area contributed by atoms with E-state index in [9.17, 15) is 13.6 Å². The first-order valence-electron chi connectivity index (χ1n) is 7.95. The number of carbonyl (C=O) groups is 1. The molecule has 1 heterocycles. The zero-order valence-electron chi connectivity index (χ0n) is 14.4. The van der Waals surface area contributed by atoms with E-state index in [1.54, 1.807) is 36.4 Å². The van der Waals surface area contributed by atoms with Crippen LogP contribution in [-0.4, -0.2) is 19.7 Å². The molecule has 0 saturated carbocycles. The molecule has 0 bridgehead atoms. The van der Waals surface area contributed by atoms with Crippen molar-refractivity contribution in [3.63, 3.8) is 0 Å². The van der Waals surface area contributed by atoms with Crippen LogP contribution in [0.3, 0.4) is 0 Å². The topological polar surface area (TPSA) is 129 Å². The molecule has 1 aromatic heterocycles. The highest BCUT2D eigenvalue weighted by Gasteiger charge is 2.16. The first kappa shape index (κ1) is 18.5. The number of fused-ring (bicyclic) bond motifs is 1. The number of nitriles is 1. The van der Waals surface area contributed by atoms with Gasteiger partial charge in [-0.3, -0.25) is 9.78 Å². The summed E-state index contributed by atoms with van der Waals surface area (Å²) in [6.07, 6.45) is 1.40. The molecule has 0 spiro atoms. The maximum atomic E-state index is 11.9. The molecule has 4 N–H and O–H groups in total. The average Bonchev–Trinajstić information content (AvgIpc) is 2.61. The number of carbonyl (C=O) groups excluding carboxylic acids is 1. The van der Waals surface area contributed by atoms with Gasteiger partial charge in [0.25, 0.3) is 5.91 Å². The van der Waals surface area contributed by atoms with Gasteiger partial charge < -0.3 is 15.6 Å². The third-order valence-electron chi connectivity index (χ3n) is 4.04. The van der Waals surface area contributed by atoms with E-state index < -0.39 is 17.0 Å². The first-order valence-corrected chi connectivity index (χ1v) is 9.23. The van der Waals surface area contributed by atoms with E-state index in [0.29, 0.717) is 33.4 Å². The third-order valence-corrected chi connectivity index (χ3v) is 4.62. The number of anilines is 2. The Morgan fingerprint density at radius 1 is 1.37 bits per heavy atom. The summed E-state index contributed by atoms with van der Waals surface area (Å²) >= 11 is -2.00. The molecule has 3 aromatic rings. The lowest BCUT2D eigenvalue weighted by atomic mass is 10.0. The molecule has 0 aliphatic rings. The van der Waals surface area contributed by atoms with Gasteiger partial charge in [0.05, 0.1) is 34.2 Å². The smallest absolute Gasteiger partial charge is 0.252 e. The van der Waals surface area contributed by atoms with E-state index in [2.05, 4.69) is 16.4 Å². The zero-order valence-corrected chi connectivity index (χ0v) is 15.2. The van der Waals surface area contributed by atoms with E-state index in [0.717, 1.165) is 5.56 Å². The fourth-order valence-corrected chi connectivity index (χ4v) is 3.37. The Hall–Kier alpha value is -3.28. The van der Waals surface area contributed by atoms with Gasteiger partial charge in [-0.1, -0.05) is 12.1 Å². The quantitative estimate of drug-likeness (QED) is 0.584. The minimum Gasteiger partial charge on any atom is -0.365 e. The van der Waals surface area contributed by atoms with Crippen molar-refractivity contribution in [1.29, 1.82) is 5.26 Å². The summed E-state index contributed by atoms with van der Waals surface area (Å²) in [4.78, 5) is 16.3. The van der Waals surface area contributed by atoms with Crippen LogP contribution in [-0.2, 0) is 16.8 Å². The van der Waals surface area contributed by atoms with Crippen LogP contribution in [0.1, 0.15) is 27.0 Å². The van der Waals surface area contributed by atoms with Crippen LogP contribution in [0.2, 0.25) is 0 Å². The second-order valence-corrected chi connectivity index (χ2v) is 6.94. The van der Waals surface area contributed by atoms with Gasteiger partial charge >= 0.3 is 0 Å². The van der Waals surface area contributed by atoms with Crippen molar-refractivity contribution in [3.8, 4) is 6.07 Å². The van der Waals surface area contributed by atoms with Crippen LogP contribution in [0.4, 0.5) is 11.4 Å². The van der Waals surface area contributed by atoms with Gasteiger partial charge in [-0.05, 0) is 42.3 Å². The van der Waals surface area contributed by atoms with Crippen molar-refractivity contribution in [1.82, 2.24) is 4.98 Å². The van der Waals surface area contributed by atoms with Crippen molar-refractivity contribution in [2.24, 2.45) is 5.73 Å². The molecule has 1 amide bonds. The summed E-state index contributed by atoms with van der Waals surface area (Å²) in [6.45, 7) is 1.84. The summed E-state index contributed by atoms with van der Waals surface area (Å²) < 4.78 is 20.4. The van der Waals surface area contributed by atoms with Gasteiger partial charge in [-0.2, -0.15) is 5.26 Å². The van der Waals surface area contributed by atoms with Gasteiger partial charge in [0, 0.05) is 17.3 Å². The van der Waals surface area contributed by atoms with E-state index in [4.69, 9.17) is 11.0 Å². The monoisotopic (exact) mass is 380 g/mol. The molecule has 0 fully saturated rings. The molecule has 27 heavy (non-hydrogen) atoms. The van der Waals surface area contributed by atoms with Crippen LogP contribution >= 0.6 is 0 Å². The molecule has 1 unspecified atom stereocenters. The molecule has 7 nitrogen and oxygen atoms in total. The average molecular weight is 380 g/mol. The molecule has 136 valence electrons. The Kier molecular flexibility index (Phi) is 5.16. The molecule has 0 saturated heterocycles. The van der Waals surface area contributed by atoms with Gasteiger partial charge in [0.1, 0.15) is 0 Å². The summed E-state index contributed by atoms with van der Waals surface area (Å²) in [6, 6.07) is 12.4. The van der Waals surface area contributed by atoms with Gasteiger partial charge in [0.15, 0.2) is 11.1 Å².